The van der Waals surface area contributed by atoms with Crippen LogP contribution in [0.3, 0.4) is 0 Å². The van der Waals surface area contributed by atoms with E-state index in [1.807, 2.05) is 20.8 Å². The van der Waals surface area contributed by atoms with Crippen LogP contribution in [0.5, 0.6) is 5.75 Å². The average Bonchev–Trinajstić information content (AvgIpc) is 2.03. The third kappa shape index (κ3) is 2.00. The van der Waals surface area contributed by atoms with Gasteiger partial charge in [-0.2, -0.15) is 0 Å². The molecule has 2 heteroatoms. The molecule has 72 valence electrons. The Balaban J connectivity index is 3.22. The van der Waals surface area contributed by atoms with Gasteiger partial charge in [-0.05, 0) is 36.1 Å². The number of halogens is 1. The molecule has 0 unspecified atom stereocenters. The summed E-state index contributed by atoms with van der Waals surface area (Å²) in [6.07, 6.45) is 0. The monoisotopic (exact) mass is 182 g/mol. The van der Waals surface area contributed by atoms with Crippen LogP contribution < -0.4 is 4.74 Å². The summed E-state index contributed by atoms with van der Waals surface area (Å²) in [5, 5.41) is 0. The second-order valence-corrected chi connectivity index (χ2v) is 3.50. The van der Waals surface area contributed by atoms with Gasteiger partial charge in [-0.3, -0.25) is 0 Å². The maximum Gasteiger partial charge on any atom is 0.127 e. The zero-order valence-electron chi connectivity index (χ0n) is 8.52. The molecule has 0 aliphatic carbocycles. The SMILES string of the molecule is COc1cc(C(C)C)c(F)cc1C. The van der Waals surface area contributed by atoms with Crippen LogP contribution in [0.4, 0.5) is 4.39 Å². The number of hydrogen-bond acceptors (Lipinski definition) is 1. The van der Waals surface area contributed by atoms with Gasteiger partial charge in [0, 0.05) is 0 Å². The molecule has 0 N–H and O–H groups in total. The second-order valence-electron chi connectivity index (χ2n) is 3.50. The highest BCUT2D eigenvalue weighted by Crippen LogP contribution is 2.26. The summed E-state index contributed by atoms with van der Waals surface area (Å²) in [5.41, 5.74) is 1.55. The number of methoxy groups -OCH3 is 1. The van der Waals surface area contributed by atoms with E-state index in [1.54, 1.807) is 13.2 Å². The quantitative estimate of drug-likeness (QED) is 0.682. The van der Waals surface area contributed by atoms with E-state index >= 15 is 0 Å². The lowest BCUT2D eigenvalue weighted by Crippen LogP contribution is -1.96. The molecule has 0 aromatic heterocycles. The van der Waals surface area contributed by atoms with Crippen molar-refractivity contribution >= 4 is 0 Å². The van der Waals surface area contributed by atoms with Crippen molar-refractivity contribution in [1.82, 2.24) is 0 Å². The summed E-state index contributed by atoms with van der Waals surface area (Å²) in [6, 6.07) is 3.30. The zero-order valence-corrected chi connectivity index (χ0v) is 8.52. The normalized spacial score (nSPS) is 10.6. The lowest BCUT2D eigenvalue weighted by Gasteiger charge is -2.11. The maximum atomic E-state index is 13.4. The molecule has 0 aliphatic rings. The van der Waals surface area contributed by atoms with E-state index in [9.17, 15) is 4.39 Å². The molecule has 0 fully saturated rings. The Morgan fingerprint density at radius 2 is 1.92 bits per heavy atom. The van der Waals surface area contributed by atoms with E-state index in [-0.39, 0.29) is 11.7 Å². The van der Waals surface area contributed by atoms with Crippen LogP contribution in [0.1, 0.15) is 30.9 Å². The molecule has 13 heavy (non-hydrogen) atoms. The Hall–Kier alpha value is -1.05. The molecule has 0 saturated heterocycles. The Labute approximate surface area is 78.5 Å². The summed E-state index contributed by atoms with van der Waals surface area (Å²) < 4.78 is 18.5. The minimum Gasteiger partial charge on any atom is -0.496 e. The highest BCUT2D eigenvalue weighted by atomic mass is 19.1. The molecule has 0 bridgehead atoms. The minimum atomic E-state index is -0.145. The Bertz CT molecular complexity index is 305. The van der Waals surface area contributed by atoms with Gasteiger partial charge in [0.1, 0.15) is 11.6 Å². The third-order valence-corrected chi connectivity index (χ3v) is 2.14. The van der Waals surface area contributed by atoms with Crippen molar-refractivity contribution in [3.63, 3.8) is 0 Å². The summed E-state index contributed by atoms with van der Waals surface area (Å²) >= 11 is 0. The van der Waals surface area contributed by atoms with Crippen LogP contribution in [0.15, 0.2) is 12.1 Å². The standard InChI is InChI=1S/C11H15FO/c1-7(2)9-6-11(13-4)8(3)5-10(9)12/h5-7H,1-4H3. The van der Waals surface area contributed by atoms with Gasteiger partial charge >= 0.3 is 0 Å². The maximum absolute atomic E-state index is 13.4. The van der Waals surface area contributed by atoms with Gasteiger partial charge in [0.25, 0.3) is 0 Å². The van der Waals surface area contributed by atoms with Crippen LogP contribution in [-0.2, 0) is 0 Å². The minimum absolute atomic E-state index is 0.145. The molecule has 0 saturated carbocycles. The largest absolute Gasteiger partial charge is 0.496 e. The first-order valence-corrected chi connectivity index (χ1v) is 4.40. The first kappa shape index (κ1) is 10.0. The van der Waals surface area contributed by atoms with Crippen LogP contribution in [0.2, 0.25) is 0 Å². The highest BCUT2D eigenvalue weighted by Gasteiger charge is 2.10. The molecule has 1 nitrogen and oxygen atoms in total. The number of benzene rings is 1. The van der Waals surface area contributed by atoms with Crippen molar-refractivity contribution in [3.05, 3.63) is 29.1 Å². The molecule has 0 radical (unpaired) electrons. The van der Waals surface area contributed by atoms with Crippen molar-refractivity contribution in [2.45, 2.75) is 26.7 Å². The molecule has 1 rings (SSSR count). The van der Waals surface area contributed by atoms with Crippen LogP contribution in [0, 0.1) is 12.7 Å². The van der Waals surface area contributed by atoms with E-state index in [4.69, 9.17) is 4.74 Å². The fourth-order valence-electron chi connectivity index (χ4n) is 1.33. The summed E-state index contributed by atoms with van der Waals surface area (Å²) in [7, 11) is 1.60. The molecule has 0 aliphatic heterocycles. The Kier molecular flexibility index (Phi) is 2.91. The van der Waals surface area contributed by atoms with Crippen molar-refractivity contribution in [3.8, 4) is 5.75 Å². The zero-order chi connectivity index (χ0) is 10.0. The number of ether oxygens (including phenoxy) is 1. The molecule has 1 aromatic rings. The molecule has 0 atom stereocenters. The van der Waals surface area contributed by atoms with Crippen LogP contribution >= 0.6 is 0 Å². The summed E-state index contributed by atoms with van der Waals surface area (Å²) in [4.78, 5) is 0. The van der Waals surface area contributed by atoms with Crippen molar-refractivity contribution in [1.29, 1.82) is 0 Å². The van der Waals surface area contributed by atoms with Gasteiger partial charge in [-0.25, -0.2) is 4.39 Å². The lowest BCUT2D eigenvalue weighted by molar-refractivity contribution is 0.409. The number of rotatable bonds is 2. The molecule has 0 amide bonds. The van der Waals surface area contributed by atoms with Crippen molar-refractivity contribution in [2.24, 2.45) is 0 Å². The molecule has 0 spiro atoms. The third-order valence-electron chi connectivity index (χ3n) is 2.14. The van der Waals surface area contributed by atoms with E-state index in [0.29, 0.717) is 5.56 Å². The number of hydrogen-bond donors (Lipinski definition) is 0. The van der Waals surface area contributed by atoms with E-state index in [1.165, 1.54) is 6.07 Å². The van der Waals surface area contributed by atoms with Crippen molar-refractivity contribution in [2.75, 3.05) is 7.11 Å². The predicted molar refractivity (Wildman–Crippen MR) is 51.8 cm³/mol. The lowest BCUT2D eigenvalue weighted by atomic mass is 10.0. The van der Waals surface area contributed by atoms with E-state index < -0.39 is 0 Å². The Morgan fingerprint density at radius 3 is 2.38 bits per heavy atom. The Morgan fingerprint density at radius 1 is 1.31 bits per heavy atom. The van der Waals surface area contributed by atoms with Gasteiger partial charge in [0.2, 0.25) is 0 Å². The predicted octanol–water partition coefficient (Wildman–Crippen LogP) is 3.27. The topological polar surface area (TPSA) is 9.23 Å². The van der Waals surface area contributed by atoms with Gasteiger partial charge in [-0.15, -0.1) is 0 Å². The molecular weight excluding hydrogens is 167 g/mol. The van der Waals surface area contributed by atoms with Gasteiger partial charge in [-0.1, -0.05) is 13.8 Å². The molecule has 1 aromatic carbocycles. The van der Waals surface area contributed by atoms with Crippen LogP contribution in [0.25, 0.3) is 0 Å². The van der Waals surface area contributed by atoms with Crippen molar-refractivity contribution < 1.29 is 9.13 Å². The fraction of sp³-hybridized carbons (Fsp3) is 0.455. The second kappa shape index (κ2) is 3.77. The summed E-state index contributed by atoms with van der Waals surface area (Å²) in [5.74, 6) is 0.799. The van der Waals surface area contributed by atoms with Gasteiger partial charge < -0.3 is 4.74 Å². The first-order valence-electron chi connectivity index (χ1n) is 4.40. The first-order chi connectivity index (χ1) is 6.06. The molecule has 0 heterocycles. The van der Waals surface area contributed by atoms with E-state index in [0.717, 1.165) is 11.3 Å². The number of aryl methyl sites for hydroxylation is 1. The average molecular weight is 182 g/mol. The van der Waals surface area contributed by atoms with Gasteiger partial charge in [0.15, 0.2) is 0 Å². The molecular formula is C11H15FO. The van der Waals surface area contributed by atoms with E-state index in [2.05, 4.69) is 0 Å². The van der Waals surface area contributed by atoms with Crippen LogP contribution in [-0.4, -0.2) is 7.11 Å². The summed E-state index contributed by atoms with van der Waals surface area (Å²) in [6.45, 7) is 5.77. The smallest absolute Gasteiger partial charge is 0.127 e. The highest BCUT2D eigenvalue weighted by molar-refractivity contribution is 5.38. The van der Waals surface area contributed by atoms with Gasteiger partial charge in [0.05, 0.1) is 7.11 Å². The fourth-order valence-corrected chi connectivity index (χ4v) is 1.33.